The third-order valence-electron chi connectivity index (χ3n) is 6.00. The molecule has 0 aliphatic carbocycles. The second-order valence-corrected chi connectivity index (χ2v) is 9.11. The topological polar surface area (TPSA) is 65.5 Å². The molecule has 32 heavy (non-hydrogen) atoms. The van der Waals surface area contributed by atoms with E-state index in [1.54, 1.807) is 28.4 Å². The molecular formula is C24H23FN4O2S. The first-order valence-corrected chi connectivity index (χ1v) is 11.5. The zero-order valence-electron chi connectivity index (χ0n) is 17.4. The third kappa shape index (κ3) is 4.28. The van der Waals surface area contributed by atoms with Crippen LogP contribution in [0.3, 0.4) is 0 Å². The largest absolute Gasteiger partial charge is 0.342 e. The summed E-state index contributed by atoms with van der Waals surface area (Å²) in [5, 5.41) is 5.82. The summed E-state index contributed by atoms with van der Waals surface area (Å²) < 4.78 is 13.2. The average molecular weight is 451 g/mol. The van der Waals surface area contributed by atoms with Gasteiger partial charge in [-0.25, -0.2) is 9.37 Å². The Balaban J connectivity index is 1.22. The Morgan fingerprint density at radius 2 is 1.84 bits per heavy atom. The van der Waals surface area contributed by atoms with Crippen molar-refractivity contribution in [3.8, 4) is 11.3 Å². The number of hydrogen-bond donors (Lipinski definition) is 1. The molecule has 0 unspecified atom stereocenters. The van der Waals surface area contributed by atoms with Gasteiger partial charge in [0.15, 0.2) is 0 Å². The zero-order valence-corrected chi connectivity index (χ0v) is 18.2. The molecule has 164 valence electrons. The summed E-state index contributed by atoms with van der Waals surface area (Å²) in [5.74, 6) is -0.374. The lowest BCUT2D eigenvalue weighted by Gasteiger charge is -2.45. The number of benzene rings is 2. The molecule has 2 aromatic carbocycles. The van der Waals surface area contributed by atoms with Gasteiger partial charge >= 0.3 is 0 Å². The fourth-order valence-corrected chi connectivity index (χ4v) is 5.16. The van der Waals surface area contributed by atoms with Gasteiger partial charge in [-0.2, -0.15) is 0 Å². The summed E-state index contributed by atoms with van der Waals surface area (Å²) in [6, 6.07) is 15.1. The van der Waals surface area contributed by atoms with Gasteiger partial charge in [0.2, 0.25) is 11.8 Å². The maximum Gasteiger partial charge on any atom is 0.246 e. The normalized spacial score (nSPS) is 21.3. The van der Waals surface area contributed by atoms with E-state index in [1.165, 1.54) is 12.1 Å². The van der Waals surface area contributed by atoms with Gasteiger partial charge in [0.25, 0.3) is 0 Å². The van der Waals surface area contributed by atoms with Crippen LogP contribution in [-0.4, -0.2) is 58.3 Å². The van der Waals surface area contributed by atoms with E-state index >= 15 is 0 Å². The Labute approximate surface area is 189 Å². The van der Waals surface area contributed by atoms with Crippen LogP contribution in [0.1, 0.15) is 10.6 Å². The van der Waals surface area contributed by atoms with Crippen LogP contribution in [0.5, 0.6) is 0 Å². The maximum atomic E-state index is 13.2. The molecule has 6 nitrogen and oxygen atoms in total. The summed E-state index contributed by atoms with van der Waals surface area (Å²) in [5.41, 5.74) is 2.72. The van der Waals surface area contributed by atoms with E-state index in [2.05, 4.69) is 15.2 Å². The summed E-state index contributed by atoms with van der Waals surface area (Å²) in [4.78, 5) is 34.4. The van der Waals surface area contributed by atoms with Crippen molar-refractivity contribution in [1.82, 2.24) is 20.1 Å². The minimum Gasteiger partial charge on any atom is -0.342 e. The SMILES string of the molecule is O=C1N[C@@H](Cc2ccccc2)C(=O)N2CCN(Cc3nc(-c4ccc(F)cc4)cs3)C[C@H]12. The molecule has 1 N–H and O–H groups in total. The van der Waals surface area contributed by atoms with Gasteiger partial charge in [0, 0.05) is 37.0 Å². The first-order chi connectivity index (χ1) is 15.6. The Morgan fingerprint density at radius 1 is 1.06 bits per heavy atom. The van der Waals surface area contributed by atoms with Crippen molar-refractivity contribution in [2.24, 2.45) is 0 Å². The number of hydrogen-bond acceptors (Lipinski definition) is 5. The number of nitrogens with one attached hydrogen (secondary N) is 1. The van der Waals surface area contributed by atoms with Gasteiger partial charge in [-0.05, 0) is 29.8 Å². The van der Waals surface area contributed by atoms with Crippen molar-refractivity contribution in [3.63, 3.8) is 0 Å². The number of nitrogens with zero attached hydrogens (tertiary/aromatic N) is 3. The predicted molar refractivity (Wildman–Crippen MR) is 120 cm³/mol. The van der Waals surface area contributed by atoms with Crippen LogP contribution >= 0.6 is 11.3 Å². The fourth-order valence-electron chi connectivity index (χ4n) is 4.32. The molecule has 3 aromatic rings. The molecule has 1 aromatic heterocycles. The summed E-state index contributed by atoms with van der Waals surface area (Å²) in [6.45, 7) is 2.32. The Morgan fingerprint density at radius 3 is 2.62 bits per heavy atom. The number of carbonyl (C=O) groups is 2. The zero-order chi connectivity index (χ0) is 22.1. The smallest absolute Gasteiger partial charge is 0.246 e. The number of rotatable bonds is 5. The molecule has 5 rings (SSSR count). The Kier molecular flexibility index (Phi) is 5.71. The van der Waals surface area contributed by atoms with Crippen molar-refractivity contribution >= 4 is 23.2 Å². The lowest BCUT2D eigenvalue weighted by molar-refractivity contribution is -0.153. The van der Waals surface area contributed by atoms with Gasteiger partial charge in [-0.1, -0.05) is 30.3 Å². The van der Waals surface area contributed by atoms with E-state index in [-0.39, 0.29) is 17.6 Å². The number of aromatic nitrogens is 1. The lowest BCUT2D eigenvalue weighted by Crippen LogP contribution is -2.69. The molecule has 2 atom stereocenters. The molecule has 2 aliphatic heterocycles. The van der Waals surface area contributed by atoms with Gasteiger partial charge in [0.1, 0.15) is 22.9 Å². The predicted octanol–water partition coefficient (Wildman–Crippen LogP) is 2.70. The van der Waals surface area contributed by atoms with Crippen molar-refractivity contribution in [2.75, 3.05) is 19.6 Å². The number of carbonyl (C=O) groups excluding carboxylic acids is 2. The third-order valence-corrected chi connectivity index (χ3v) is 6.83. The van der Waals surface area contributed by atoms with Gasteiger partial charge in [-0.15, -0.1) is 11.3 Å². The second kappa shape index (κ2) is 8.80. The lowest BCUT2D eigenvalue weighted by atomic mass is 9.98. The first-order valence-electron chi connectivity index (χ1n) is 10.6. The molecule has 8 heteroatoms. The summed E-state index contributed by atoms with van der Waals surface area (Å²) in [7, 11) is 0. The molecule has 3 heterocycles. The maximum absolute atomic E-state index is 13.2. The van der Waals surface area contributed by atoms with Crippen LogP contribution in [0.4, 0.5) is 4.39 Å². The highest BCUT2D eigenvalue weighted by atomic mass is 32.1. The van der Waals surface area contributed by atoms with Crippen molar-refractivity contribution in [3.05, 3.63) is 76.4 Å². The number of fused-ring (bicyclic) bond motifs is 1. The van der Waals surface area contributed by atoms with Crippen molar-refractivity contribution < 1.29 is 14.0 Å². The van der Waals surface area contributed by atoms with Crippen molar-refractivity contribution in [2.45, 2.75) is 25.0 Å². The van der Waals surface area contributed by atoms with Gasteiger partial charge in [0.05, 0.1) is 12.2 Å². The van der Waals surface area contributed by atoms with Crippen LogP contribution in [0.15, 0.2) is 60.0 Å². The highest BCUT2D eigenvalue weighted by Gasteiger charge is 2.43. The fraction of sp³-hybridized carbons (Fsp3) is 0.292. The molecule has 2 aliphatic rings. The Hall–Kier alpha value is -3.10. The first kappa shape index (κ1) is 20.8. The minimum absolute atomic E-state index is 0.00838. The van der Waals surface area contributed by atoms with Crippen LogP contribution in [0.25, 0.3) is 11.3 Å². The van der Waals surface area contributed by atoms with Gasteiger partial charge < -0.3 is 10.2 Å². The molecule has 0 radical (unpaired) electrons. The van der Waals surface area contributed by atoms with Gasteiger partial charge in [-0.3, -0.25) is 14.5 Å². The Bertz CT molecular complexity index is 1120. The molecule has 2 fully saturated rings. The number of thiazole rings is 1. The van der Waals surface area contributed by atoms with E-state index in [0.29, 0.717) is 32.6 Å². The van der Waals surface area contributed by atoms with E-state index in [9.17, 15) is 14.0 Å². The van der Waals surface area contributed by atoms with Crippen LogP contribution in [0, 0.1) is 5.82 Å². The molecule has 2 amide bonds. The van der Waals surface area contributed by atoms with E-state index in [0.717, 1.165) is 21.8 Å². The molecule has 0 saturated carbocycles. The van der Waals surface area contributed by atoms with E-state index < -0.39 is 12.1 Å². The quantitative estimate of drug-likeness (QED) is 0.649. The summed E-state index contributed by atoms with van der Waals surface area (Å²) >= 11 is 1.55. The van der Waals surface area contributed by atoms with E-state index in [4.69, 9.17) is 0 Å². The highest BCUT2D eigenvalue weighted by Crippen LogP contribution is 2.25. The standard InChI is InChI=1S/C24H23FN4O2S/c25-18-8-6-17(7-9-18)20-15-32-22(26-20)14-28-10-11-29-21(13-28)23(30)27-19(24(29)31)12-16-4-2-1-3-5-16/h1-9,15,19,21H,10-14H2,(H,27,30)/t19-,21+/m0/s1. The van der Waals surface area contributed by atoms with Crippen LogP contribution in [0.2, 0.25) is 0 Å². The number of amides is 2. The number of piperazine rings is 2. The minimum atomic E-state index is -0.509. The monoisotopic (exact) mass is 450 g/mol. The molecule has 0 bridgehead atoms. The molecular weight excluding hydrogens is 427 g/mol. The number of halogens is 1. The van der Waals surface area contributed by atoms with E-state index in [1.807, 2.05) is 35.7 Å². The second-order valence-electron chi connectivity index (χ2n) is 8.17. The average Bonchev–Trinajstić information content (AvgIpc) is 3.27. The highest BCUT2D eigenvalue weighted by molar-refractivity contribution is 7.09. The van der Waals surface area contributed by atoms with Crippen LogP contribution < -0.4 is 5.32 Å². The molecule has 0 spiro atoms. The van der Waals surface area contributed by atoms with Crippen LogP contribution in [-0.2, 0) is 22.6 Å². The molecule has 2 saturated heterocycles. The van der Waals surface area contributed by atoms with Crippen molar-refractivity contribution in [1.29, 1.82) is 0 Å². The summed E-state index contributed by atoms with van der Waals surface area (Å²) in [6.07, 6.45) is 0.504.